The fraction of sp³-hybridized carbons (Fsp3) is 0.0294. The van der Waals surface area contributed by atoms with E-state index in [0.717, 1.165) is 30.3 Å². The standard InChI is InChI=1S/C34H27N9O11S3.3Na/c1-17(44)37-19-4-6-20(7-5-19)38-40-29-11-10-28(23-9-8-22(14-25(23)29)55(46,47)48)41-43-33-32(57(52,53)54)12-18-2-3-21(13-24(18)34(33)45)39-42-30-16-31(56(49,50)51)27(36)15-26(30)35;;;/h2-16,45H,35-36H2,1H3,(H,37,44)(H,46,47,48)(H,49,50,51)(H,52,53,54);;;/q;3*+1. The monoisotopic (exact) mass is 902 g/mol. The Kier molecular flexibility index (Phi) is 16.8. The number of phenols is 1. The van der Waals surface area contributed by atoms with Gasteiger partial charge in [0.1, 0.15) is 21.2 Å². The van der Waals surface area contributed by atoms with Crippen molar-refractivity contribution in [2.45, 2.75) is 21.6 Å². The number of fused-ring (bicyclic) bond motifs is 2. The number of nitrogens with zero attached hydrogens (tertiary/aromatic N) is 6. The van der Waals surface area contributed by atoms with Crippen LogP contribution in [0.5, 0.6) is 5.75 Å². The average Bonchev–Trinajstić information content (AvgIpc) is 3.12. The molecule has 0 unspecified atom stereocenters. The van der Waals surface area contributed by atoms with Crippen molar-refractivity contribution in [2.24, 2.45) is 30.7 Å². The number of phenolic OH excluding ortho intramolecular Hbond substituents is 1. The molecule has 60 heavy (non-hydrogen) atoms. The Balaban J connectivity index is 0.00000320. The van der Waals surface area contributed by atoms with Crippen molar-refractivity contribution in [3.05, 3.63) is 91.0 Å². The zero-order valence-electron chi connectivity index (χ0n) is 31.9. The van der Waals surface area contributed by atoms with Crippen LogP contribution < -0.4 is 105 Å². The molecule has 26 heteroatoms. The molecule has 292 valence electrons. The predicted octanol–water partition coefficient (Wildman–Crippen LogP) is -1.18. The topological polar surface area (TPSA) is 339 Å². The molecule has 0 aliphatic heterocycles. The molecule has 6 aromatic carbocycles. The molecule has 0 saturated carbocycles. The smallest absolute Gasteiger partial charge is 0.505 e. The molecule has 6 aromatic rings. The van der Waals surface area contributed by atoms with E-state index in [-0.39, 0.29) is 150 Å². The van der Waals surface area contributed by atoms with E-state index >= 15 is 0 Å². The van der Waals surface area contributed by atoms with E-state index in [9.17, 15) is 48.8 Å². The van der Waals surface area contributed by atoms with Crippen molar-refractivity contribution in [2.75, 3.05) is 16.8 Å². The fourth-order valence-corrected chi connectivity index (χ4v) is 7.15. The number of hydrogen-bond acceptors (Lipinski definition) is 16. The quantitative estimate of drug-likeness (QED) is 0.0369. The van der Waals surface area contributed by atoms with E-state index in [2.05, 4.69) is 36.0 Å². The van der Waals surface area contributed by atoms with E-state index in [1.807, 2.05) is 0 Å². The largest absolute Gasteiger partial charge is 1.00 e. The summed E-state index contributed by atoms with van der Waals surface area (Å²) in [5.41, 5.74) is 11.3. The predicted molar refractivity (Wildman–Crippen MR) is 208 cm³/mol. The number of hydrogen-bond donors (Lipinski definition) is 7. The first-order chi connectivity index (χ1) is 26.7. The van der Waals surface area contributed by atoms with Gasteiger partial charge < -0.3 is 21.9 Å². The maximum atomic E-state index is 12.5. The molecule has 0 aromatic heterocycles. The maximum absolute atomic E-state index is 12.5. The Morgan fingerprint density at radius 2 is 1.12 bits per heavy atom. The molecule has 0 heterocycles. The van der Waals surface area contributed by atoms with Crippen molar-refractivity contribution >= 4 is 109 Å². The average molecular weight is 903 g/mol. The molecule has 0 fully saturated rings. The van der Waals surface area contributed by atoms with Crippen LogP contribution in [-0.2, 0) is 35.1 Å². The molecule has 0 saturated heterocycles. The molecule has 0 radical (unpaired) electrons. The minimum absolute atomic E-state index is 0. The van der Waals surface area contributed by atoms with Gasteiger partial charge in [-0.2, -0.15) is 35.5 Å². The molecular formula is C34H27N9Na3O11S3+3. The third-order valence-corrected chi connectivity index (χ3v) is 10.6. The second-order valence-electron chi connectivity index (χ2n) is 12.0. The minimum Gasteiger partial charge on any atom is -0.505 e. The number of rotatable bonds is 10. The van der Waals surface area contributed by atoms with Gasteiger partial charge in [-0.15, -0.1) is 20.5 Å². The first-order valence-electron chi connectivity index (χ1n) is 15.8. The summed E-state index contributed by atoms with van der Waals surface area (Å²) in [6.45, 7) is 1.35. The maximum Gasteiger partial charge on any atom is 1.00 e. The third kappa shape index (κ3) is 11.8. The molecular weight excluding hydrogens is 876 g/mol. The summed E-state index contributed by atoms with van der Waals surface area (Å²) >= 11 is 0. The van der Waals surface area contributed by atoms with Gasteiger partial charge in [0.15, 0.2) is 5.75 Å². The molecule has 9 N–H and O–H groups in total. The molecule has 0 aliphatic carbocycles. The van der Waals surface area contributed by atoms with E-state index in [4.69, 9.17) is 11.5 Å². The summed E-state index contributed by atoms with van der Waals surface area (Å²) in [5, 5.41) is 38.7. The summed E-state index contributed by atoms with van der Waals surface area (Å²) in [6, 6.07) is 19.4. The van der Waals surface area contributed by atoms with Crippen LogP contribution >= 0.6 is 0 Å². The normalized spacial score (nSPS) is 12.1. The van der Waals surface area contributed by atoms with E-state index in [1.165, 1.54) is 43.3 Å². The summed E-state index contributed by atoms with van der Waals surface area (Å²) in [4.78, 5) is 9.35. The van der Waals surface area contributed by atoms with Crippen LogP contribution in [0.3, 0.4) is 0 Å². The number of aromatic hydroxyl groups is 1. The molecule has 0 aliphatic rings. The van der Waals surface area contributed by atoms with Crippen LogP contribution in [0, 0.1) is 0 Å². The van der Waals surface area contributed by atoms with Crippen molar-refractivity contribution in [1.29, 1.82) is 0 Å². The number of nitrogens with one attached hydrogen (secondary N) is 1. The second kappa shape index (κ2) is 20.0. The number of nitrogen functional groups attached to an aromatic ring is 2. The number of nitrogens with two attached hydrogens (primary N) is 2. The molecule has 0 atom stereocenters. The summed E-state index contributed by atoms with van der Waals surface area (Å²) in [6.07, 6.45) is 0. The van der Waals surface area contributed by atoms with Gasteiger partial charge in [0.05, 0.1) is 39.0 Å². The Bertz CT molecular complexity index is 3100. The number of anilines is 3. The fourth-order valence-electron chi connectivity index (χ4n) is 5.37. The van der Waals surface area contributed by atoms with Gasteiger partial charge in [-0.3, -0.25) is 18.5 Å². The summed E-state index contributed by atoms with van der Waals surface area (Å²) < 4.78 is 102. The molecule has 0 spiro atoms. The zero-order valence-corrected chi connectivity index (χ0v) is 40.3. The van der Waals surface area contributed by atoms with Gasteiger partial charge in [-0.1, -0.05) is 12.1 Å². The van der Waals surface area contributed by atoms with Gasteiger partial charge in [0.2, 0.25) is 5.91 Å². The Labute approximate surface area is 407 Å². The van der Waals surface area contributed by atoms with Crippen LogP contribution in [0.25, 0.3) is 21.5 Å². The second-order valence-corrected chi connectivity index (χ2v) is 16.2. The van der Waals surface area contributed by atoms with Crippen molar-refractivity contribution in [3.8, 4) is 5.75 Å². The van der Waals surface area contributed by atoms with Crippen LogP contribution in [0.1, 0.15) is 6.92 Å². The van der Waals surface area contributed by atoms with Gasteiger partial charge in [0.25, 0.3) is 30.4 Å². The Morgan fingerprint density at radius 1 is 0.550 bits per heavy atom. The molecule has 6 rings (SSSR count). The Hall–Kier alpha value is -3.76. The number of amides is 1. The summed E-state index contributed by atoms with van der Waals surface area (Å²) in [7, 11) is -14.5. The van der Waals surface area contributed by atoms with Crippen LogP contribution in [0.15, 0.2) is 136 Å². The number of azo groups is 3. The minimum atomic E-state index is -5.04. The van der Waals surface area contributed by atoms with Crippen molar-refractivity contribution in [1.82, 2.24) is 0 Å². The first kappa shape index (κ1) is 50.6. The Morgan fingerprint density at radius 3 is 1.72 bits per heavy atom. The van der Waals surface area contributed by atoms with Gasteiger partial charge in [-0.25, -0.2) is 0 Å². The molecule has 20 nitrogen and oxygen atoms in total. The number of benzene rings is 6. The number of carbonyl (C=O) groups is 1. The first-order valence-corrected chi connectivity index (χ1v) is 20.1. The van der Waals surface area contributed by atoms with E-state index in [0.29, 0.717) is 11.4 Å². The van der Waals surface area contributed by atoms with Crippen LogP contribution in [0.4, 0.5) is 51.2 Å². The van der Waals surface area contributed by atoms with Gasteiger partial charge in [0, 0.05) is 28.8 Å². The van der Waals surface area contributed by atoms with E-state index < -0.39 is 56.5 Å². The van der Waals surface area contributed by atoms with Crippen molar-refractivity contribution < 1.29 is 137 Å². The van der Waals surface area contributed by atoms with Crippen LogP contribution in [0.2, 0.25) is 0 Å². The molecule has 1 amide bonds. The number of carbonyl (C=O) groups excluding carboxylic acids is 1. The summed E-state index contributed by atoms with van der Waals surface area (Å²) in [5.74, 6) is -1.04. The molecule has 0 bridgehead atoms. The zero-order chi connectivity index (χ0) is 41.4. The SMILES string of the molecule is CC(=O)Nc1ccc(N=Nc2ccc(N=Nc3c(S(=O)(=O)O)cc4ccc(N=Nc5cc(S(=O)(=O)O)c(N)cc5N)cc4c3O)c3ccc(S(=O)(=O)O)cc23)cc1.[Na+].[Na+].[Na+]. The third-order valence-electron chi connectivity index (χ3n) is 7.98. The van der Waals surface area contributed by atoms with Gasteiger partial charge >= 0.3 is 88.7 Å². The van der Waals surface area contributed by atoms with Gasteiger partial charge in [-0.05, 0) is 84.2 Å². The van der Waals surface area contributed by atoms with Crippen LogP contribution in [-0.4, -0.2) is 49.9 Å². The van der Waals surface area contributed by atoms with Crippen molar-refractivity contribution in [3.63, 3.8) is 0 Å². The van der Waals surface area contributed by atoms with E-state index in [1.54, 1.807) is 24.3 Å².